The van der Waals surface area contributed by atoms with E-state index in [1.54, 1.807) is 12.1 Å². The van der Waals surface area contributed by atoms with E-state index in [1.807, 2.05) is 0 Å². The van der Waals surface area contributed by atoms with Crippen molar-refractivity contribution in [1.29, 1.82) is 0 Å². The van der Waals surface area contributed by atoms with E-state index in [4.69, 9.17) is 20.3 Å². The molecule has 0 aliphatic heterocycles. The van der Waals surface area contributed by atoms with Gasteiger partial charge in [0.25, 0.3) is 0 Å². The highest BCUT2D eigenvalue weighted by Gasteiger charge is 2.25. The molecule has 1 fully saturated rings. The number of esters is 1. The van der Waals surface area contributed by atoms with E-state index in [9.17, 15) is 9.59 Å². The summed E-state index contributed by atoms with van der Waals surface area (Å²) >= 11 is 0. The minimum atomic E-state index is -0.542. The van der Waals surface area contributed by atoms with Crippen molar-refractivity contribution in [2.24, 2.45) is 5.73 Å². The van der Waals surface area contributed by atoms with Crippen molar-refractivity contribution in [1.82, 2.24) is 5.32 Å². The van der Waals surface area contributed by atoms with Crippen LogP contribution in [0.4, 0.5) is 0 Å². The van der Waals surface area contributed by atoms with E-state index in [2.05, 4.69) is 17.2 Å². The van der Waals surface area contributed by atoms with Gasteiger partial charge in [-0.3, -0.25) is 9.59 Å². The average molecular weight is 402 g/mol. The number of amides is 1. The molecule has 1 aromatic carbocycles. The van der Waals surface area contributed by atoms with Crippen molar-refractivity contribution in [3.05, 3.63) is 23.3 Å². The van der Waals surface area contributed by atoms with Crippen molar-refractivity contribution in [3.8, 4) is 23.3 Å². The van der Waals surface area contributed by atoms with Crippen LogP contribution in [0.5, 0.6) is 11.5 Å². The SMILES string of the molecule is COc1cc(CCC(=O)NCCO)cc(C#CC2(N)CCCCC2)c1OC(C)=O. The van der Waals surface area contributed by atoms with Gasteiger partial charge in [-0.1, -0.05) is 31.1 Å². The van der Waals surface area contributed by atoms with Gasteiger partial charge in [-0.15, -0.1) is 0 Å². The minimum absolute atomic E-state index is 0.1000. The van der Waals surface area contributed by atoms with Gasteiger partial charge in [-0.2, -0.15) is 0 Å². The van der Waals surface area contributed by atoms with Gasteiger partial charge in [0, 0.05) is 19.9 Å². The molecule has 7 nitrogen and oxygen atoms in total. The Morgan fingerprint density at radius 3 is 2.62 bits per heavy atom. The summed E-state index contributed by atoms with van der Waals surface area (Å²) in [6.07, 6.45) is 5.65. The lowest BCUT2D eigenvalue weighted by Gasteiger charge is -2.27. The zero-order valence-electron chi connectivity index (χ0n) is 17.2. The molecule has 0 unspecified atom stereocenters. The molecule has 4 N–H and O–H groups in total. The number of rotatable bonds is 7. The first-order valence-electron chi connectivity index (χ1n) is 9.96. The highest BCUT2D eigenvalue weighted by atomic mass is 16.6. The molecule has 2 rings (SSSR count). The van der Waals surface area contributed by atoms with Gasteiger partial charge in [0.1, 0.15) is 0 Å². The number of nitrogens with one attached hydrogen (secondary N) is 1. The molecular weight excluding hydrogens is 372 g/mol. The van der Waals surface area contributed by atoms with Gasteiger partial charge in [0.05, 0.1) is 24.8 Å². The van der Waals surface area contributed by atoms with Crippen LogP contribution in [0, 0.1) is 11.8 Å². The van der Waals surface area contributed by atoms with Crippen LogP contribution in [0.3, 0.4) is 0 Å². The number of hydrogen-bond donors (Lipinski definition) is 3. The molecule has 1 aliphatic rings. The Morgan fingerprint density at radius 2 is 2.00 bits per heavy atom. The van der Waals surface area contributed by atoms with Gasteiger partial charge < -0.3 is 25.6 Å². The van der Waals surface area contributed by atoms with Crippen LogP contribution >= 0.6 is 0 Å². The Hall–Kier alpha value is -2.56. The van der Waals surface area contributed by atoms with Gasteiger partial charge in [0.15, 0.2) is 11.5 Å². The molecule has 0 atom stereocenters. The lowest BCUT2D eigenvalue weighted by molar-refractivity contribution is -0.132. The third kappa shape index (κ3) is 7.08. The molecule has 158 valence electrons. The maximum absolute atomic E-state index is 11.8. The van der Waals surface area contributed by atoms with Crippen molar-refractivity contribution in [2.45, 2.75) is 57.4 Å². The monoisotopic (exact) mass is 402 g/mol. The predicted molar refractivity (Wildman–Crippen MR) is 110 cm³/mol. The molecule has 29 heavy (non-hydrogen) atoms. The van der Waals surface area contributed by atoms with Crippen molar-refractivity contribution >= 4 is 11.9 Å². The fourth-order valence-corrected chi connectivity index (χ4v) is 3.34. The molecule has 0 saturated heterocycles. The summed E-state index contributed by atoms with van der Waals surface area (Å²) in [5.41, 5.74) is 7.23. The van der Waals surface area contributed by atoms with Crippen LogP contribution in [0.15, 0.2) is 12.1 Å². The van der Waals surface area contributed by atoms with E-state index in [0.29, 0.717) is 17.7 Å². The fourth-order valence-electron chi connectivity index (χ4n) is 3.34. The zero-order valence-corrected chi connectivity index (χ0v) is 17.2. The van der Waals surface area contributed by atoms with Crippen LogP contribution in [0.1, 0.15) is 56.6 Å². The van der Waals surface area contributed by atoms with Gasteiger partial charge >= 0.3 is 5.97 Å². The largest absolute Gasteiger partial charge is 0.493 e. The van der Waals surface area contributed by atoms with Gasteiger partial charge in [-0.25, -0.2) is 0 Å². The number of aliphatic hydroxyl groups excluding tert-OH is 1. The third-order valence-corrected chi connectivity index (χ3v) is 4.85. The van der Waals surface area contributed by atoms with E-state index in [0.717, 1.165) is 31.2 Å². The van der Waals surface area contributed by atoms with E-state index in [-0.39, 0.29) is 31.2 Å². The number of carbonyl (C=O) groups is 2. The Labute approximate surface area is 171 Å². The first kappa shape index (κ1) is 22.7. The minimum Gasteiger partial charge on any atom is -0.493 e. The molecule has 1 amide bonds. The summed E-state index contributed by atoms with van der Waals surface area (Å²) in [6.45, 7) is 1.45. The number of aliphatic hydroxyl groups is 1. The quantitative estimate of drug-likeness (QED) is 0.364. The average Bonchev–Trinajstić information content (AvgIpc) is 2.70. The van der Waals surface area contributed by atoms with E-state index in [1.165, 1.54) is 20.5 Å². The molecule has 0 bridgehead atoms. The standard InChI is InChI=1S/C22H30N2O5/c1-16(26)29-21-18(8-11-22(23)9-4-3-5-10-22)14-17(15-19(21)28-2)6-7-20(27)24-12-13-25/h14-15,25H,3-7,9-10,12-13,23H2,1-2H3,(H,24,27). The third-order valence-electron chi connectivity index (χ3n) is 4.85. The second-order valence-electron chi connectivity index (χ2n) is 7.31. The Balaban J connectivity index is 2.32. The van der Waals surface area contributed by atoms with Crippen molar-refractivity contribution in [3.63, 3.8) is 0 Å². The molecule has 0 heterocycles. The lowest BCUT2D eigenvalue weighted by atomic mass is 9.83. The first-order chi connectivity index (χ1) is 13.9. The summed E-state index contributed by atoms with van der Waals surface area (Å²) in [6, 6.07) is 3.54. The molecule has 1 aromatic rings. The maximum atomic E-state index is 11.8. The van der Waals surface area contributed by atoms with E-state index < -0.39 is 11.5 Å². The van der Waals surface area contributed by atoms with Crippen LogP contribution in [0.2, 0.25) is 0 Å². The Kier molecular flexibility index (Phi) is 8.50. The number of nitrogens with two attached hydrogens (primary N) is 1. The topological polar surface area (TPSA) is 111 Å². The molecule has 0 aromatic heterocycles. The summed E-state index contributed by atoms with van der Waals surface area (Å²) in [5.74, 6) is 6.29. The molecule has 1 aliphatic carbocycles. The zero-order chi connectivity index (χ0) is 21.3. The molecule has 7 heteroatoms. The van der Waals surface area contributed by atoms with E-state index >= 15 is 0 Å². The smallest absolute Gasteiger partial charge is 0.308 e. The number of aryl methyl sites for hydroxylation is 1. The molecular formula is C22H30N2O5. The second-order valence-corrected chi connectivity index (χ2v) is 7.31. The Bertz CT molecular complexity index is 788. The first-order valence-corrected chi connectivity index (χ1v) is 9.96. The molecule has 0 radical (unpaired) electrons. The molecule has 0 spiro atoms. The summed E-state index contributed by atoms with van der Waals surface area (Å²) < 4.78 is 10.8. The number of hydrogen-bond acceptors (Lipinski definition) is 6. The van der Waals surface area contributed by atoms with Crippen LogP contribution in [0.25, 0.3) is 0 Å². The highest BCUT2D eigenvalue weighted by molar-refractivity contribution is 5.76. The number of methoxy groups -OCH3 is 1. The predicted octanol–water partition coefficient (Wildman–Crippen LogP) is 1.67. The van der Waals surface area contributed by atoms with Crippen LogP contribution in [-0.4, -0.2) is 42.8 Å². The normalized spacial score (nSPS) is 15.0. The van der Waals surface area contributed by atoms with Crippen LogP contribution < -0.4 is 20.5 Å². The summed E-state index contributed by atoms with van der Waals surface area (Å²) in [7, 11) is 1.49. The fraction of sp³-hybridized carbons (Fsp3) is 0.545. The van der Waals surface area contributed by atoms with Crippen LogP contribution in [-0.2, 0) is 16.0 Å². The van der Waals surface area contributed by atoms with Gasteiger partial charge in [0.2, 0.25) is 5.91 Å². The van der Waals surface area contributed by atoms with Crippen molar-refractivity contribution < 1.29 is 24.2 Å². The number of benzene rings is 1. The number of carbonyl (C=O) groups excluding carboxylic acids is 2. The Morgan fingerprint density at radius 1 is 1.28 bits per heavy atom. The number of ether oxygens (including phenoxy) is 2. The second kappa shape index (κ2) is 10.8. The lowest BCUT2D eigenvalue weighted by Crippen LogP contribution is -2.40. The maximum Gasteiger partial charge on any atom is 0.308 e. The molecule has 1 saturated carbocycles. The highest BCUT2D eigenvalue weighted by Crippen LogP contribution is 2.34. The van der Waals surface area contributed by atoms with Crippen molar-refractivity contribution in [2.75, 3.05) is 20.3 Å². The van der Waals surface area contributed by atoms with Gasteiger partial charge in [-0.05, 0) is 37.0 Å². The summed E-state index contributed by atoms with van der Waals surface area (Å²) in [5, 5.41) is 11.4. The summed E-state index contributed by atoms with van der Waals surface area (Å²) in [4.78, 5) is 23.4.